The first-order valence-corrected chi connectivity index (χ1v) is 7.32. The topological polar surface area (TPSA) is 30.2 Å². The lowest BCUT2D eigenvalue weighted by molar-refractivity contribution is 0.143. The predicted molar refractivity (Wildman–Crippen MR) is 82.5 cm³/mol. The van der Waals surface area contributed by atoms with Gasteiger partial charge in [-0.15, -0.1) is 0 Å². The van der Waals surface area contributed by atoms with Gasteiger partial charge in [0.05, 0.1) is 11.4 Å². The molecule has 0 fully saturated rings. The fraction of sp³-hybridized carbons (Fsp3) is 0.250. The van der Waals surface area contributed by atoms with Crippen molar-refractivity contribution in [3.63, 3.8) is 0 Å². The Morgan fingerprint density at radius 3 is 2.50 bits per heavy atom. The van der Waals surface area contributed by atoms with Gasteiger partial charge in [0.25, 0.3) is 6.43 Å². The van der Waals surface area contributed by atoms with E-state index in [0.717, 1.165) is 16.5 Å². The zero-order valence-electron chi connectivity index (χ0n) is 12.1. The van der Waals surface area contributed by atoms with Crippen molar-refractivity contribution in [2.45, 2.75) is 26.7 Å². The normalized spacial score (nSPS) is 11.5. The second-order valence-corrected chi connectivity index (χ2v) is 5.43. The van der Waals surface area contributed by atoms with Crippen LogP contribution in [0.2, 0.25) is 5.02 Å². The molecule has 2 heterocycles. The van der Waals surface area contributed by atoms with Gasteiger partial charge in [-0.3, -0.25) is 0 Å². The molecule has 3 rings (SSSR count). The van der Waals surface area contributed by atoms with Crippen LogP contribution >= 0.6 is 11.6 Å². The Morgan fingerprint density at radius 2 is 1.91 bits per heavy atom. The molecule has 0 saturated carbocycles. The molecule has 2 aromatic heterocycles. The van der Waals surface area contributed by atoms with Gasteiger partial charge in [-0.25, -0.2) is 18.3 Å². The Bertz CT molecular complexity index is 826. The zero-order chi connectivity index (χ0) is 15.9. The van der Waals surface area contributed by atoms with E-state index in [1.807, 2.05) is 24.3 Å². The summed E-state index contributed by atoms with van der Waals surface area (Å²) in [7, 11) is 0. The molecule has 0 saturated heterocycles. The highest BCUT2D eigenvalue weighted by Gasteiger charge is 2.19. The van der Waals surface area contributed by atoms with Crippen LogP contribution in [0.4, 0.5) is 8.78 Å². The van der Waals surface area contributed by atoms with Gasteiger partial charge >= 0.3 is 0 Å². The first-order valence-electron chi connectivity index (χ1n) is 6.94. The Balaban J connectivity index is 2.23. The van der Waals surface area contributed by atoms with Crippen LogP contribution in [-0.4, -0.2) is 14.6 Å². The summed E-state index contributed by atoms with van der Waals surface area (Å²) in [5.41, 5.74) is 2.94. The largest absolute Gasteiger partial charge is 0.280 e. The summed E-state index contributed by atoms with van der Waals surface area (Å²) in [5.74, 6) is 0. The third kappa shape index (κ3) is 2.46. The number of benzene rings is 1. The molecule has 3 aromatic rings. The standard InChI is InChI=1S/C16H14ClF2N3/c1-3-10-4-6-11(7-5-10)12-8-13(15(18)19)22-16(20-12)14(17)9(2)21-22/h4-8,15H,3H2,1-2H3. The lowest BCUT2D eigenvalue weighted by atomic mass is 10.1. The maximum atomic E-state index is 13.3. The number of rotatable bonds is 3. The van der Waals surface area contributed by atoms with E-state index in [2.05, 4.69) is 17.0 Å². The van der Waals surface area contributed by atoms with Gasteiger partial charge in [0.1, 0.15) is 10.7 Å². The van der Waals surface area contributed by atoms with Gasteiger partial charge in [0, 0.05) is 5.56 Å². The maximum absolute atomic E-state index is 13.3. The minimum atomic E-state index is -2.66. The van der Waals surface area contributed by atoms with Crippen molar-refractivity contribution in [1.82, 2.24) is 14.6 Å². The van der Waals surface area contributed by atoms with E-state index in [1.165, 1.54) is 11.6 Å². The molecule has 0 aliphatic heterocycles. The summed E-state index contributed by atoms with van der Waals surface area (Å²) in [4.78, 5) is 4.40. The van der Waals surface area contributed by atoms with E-state index >= 15 is 0 Å². The number of aryl methyl sites for hydroxylation is 2. The summed E-state index contributed by atoms with van der Waals surface area (Å²) >= 11 is 6.13. The van der Waals surface area contributed by atoms with Gasteiger partial charge in [-0.1, -0.05) is 42.8 Å². The van der Waals surface area contributed by atoms with E-state index in [-0.39, 0.29) is 11.3 Å². The molecule has 3 nitrogen and oxygen atoms in total. The first kappa shape index (κ1) is 14.9. The summed E-state index contributed by atoms with van der Waals surface area (Å²) < 4.78 is 27.8. The second-order valence-electron chi connectivity index (χ2n) is 5.05. The molecule has 0 radical (unpaired) electrons. The molecule has 22 heavy (non-hydrogen) atoms. The number of aromatic nitrogens is 3. The fourth-order valence-electron chi connectivity index (χ4n) is 2.33. The Kier molecular flexibility index (Phi) is 3.83. The molecule has 0 atom stereocenters. The SMILES string of the molecule is CCc1ccc(-c2cc(C(F)F)n3nc(C)c(Cl)c3n2)cc1. The van der Waals surface area contributed by atoms with Crippen molar-refractivity contribution in [2.75, 3.05) is 0 Å². The smallest absolute Gasteiger partial charge is 0.227 e. The number of hydrogen-bond donors (Lipinski definition) is 0. The van der Waals surface area contributed by atoms with Gasteiger partial charge in [-0.05, 0) is 25.0 Å². The Morgan fingerprint density at radius 1 is 1.23 bits per heavy atom. The monoisotopic (exact) mass is 321 g/mol. The van der Waals surface area contributed by atoms with E-state index < -0.39 is 6.43 Å². The molecule has 0 N–H and O–H groups in total. The highest BCUT2D eigenvalue weighted by Crippen LogP contribution is 2.29. The molecule has 0 aliphatic rings. The van der Waals surface area contributed by atoms with E-state index in [1.54, 1.807) is 6.92 Å². The van der Waals surface area contributed by atoms with Gasteiger partial charge in [0.2, 0.25) is 0 Å². The van der Waals surface area contributed by atoms with Crippen molar-refractivity contribution < 1.29 is 8.78 Å². The number of fused-ring (bicyclic) bond motifs is 1. The van der Waals surface area contributed by atoms with Gasteiger partial charge in [0.15, 0.2) is 5.65 Å². The molecular formula is C16H14ClF2N3. The molecule has 6 heteroatoms. The molecule has 1 aromatic carbocycles. The Labute approximate surface area is 131 Å². The van der Waals surface area contributed by atoms with Crippen molar-refractivity contribution in [3.8, 4) is 11.3 Å². The van der Waals surface area contributed by atoms with Crippen LogP contribution in [0.1, 0.15) is 30.3 Å². The fourth-order valence-corrected chi connectivity index (χ4v) is 2.49. The maximum Gasteiger partial charge on any atom is 0.280 e. The molecule has 114 valence electrons. The molecule has 0 aliphatic carbocycles. The molecule has 0 spiro atoms. The van der Waals surface area contributed by atoms with E-state index in [0.29, 0.717) is 16.4 Å². The molecule has 0 unspecified atom stereocenters. The first-order chi connectivity index (χ1) is 10.5. The van der Waals surface area contributed by atoms with Crippen molar-refractivity contribution in [3.05, 3.63) is 52.3 Å². The van der Waals surface area contributed by atoms with Crippen LogP contribution in [-0.2, 0) is 6.42 Å². The Hall–Kier alpha value is -2.01. The average Bonchev–Trinajstić information content (AvgIpc) is 2.81. The van der Waals surface area contributed by atoms with E-state index in [9.17, 15) is 8.78 Å². The predicted octanol–water partition coefficient (Wildman–Crippen LogP) is 4.86. The number of nitrogens with zero attached hydrogens (tertiary/aromatic N) is 3. The van der Waals surface area contributed by atoms with Crippen LogP contribution in [0, 0.1) is 6.92 Å². The van der Waals surface area contributed by atoms with Crippen molar-refractivity contribution in [2.24, 2.45) is 0 Å². The van der Waals surface area contributed by atoms with Crippen molar-refractivity contribution in [1.29, 1.82) is 0 Å². The van der Waals surface area contributed by atoms with Crippen LogP contribution in [0.15, 0.2) is 30.3 Å². The average molecular weight is 322 g/mol. The van der Waals surface area contributed by atoms with Gasteiger partial charge in [-0.2, -0.15) is 5.10 Å². The lowest BCUT2D eigenvalue weighted by Gasteiger charge is -2.08. The van der Waals surface area contributed by atoms with Crippen molar-refractivity contribution >= 4 is 17.2 Å². The minimum absolute atomic E-state index is 0.213. The third-order valence-corrected chi connectivity index (χ3v) is 4.04. The third-order valence-electron chi connectivity index (χ3n) is 3.60. The minimum Gasteiger partial charge on any atom is -0.227 e. The summed E-state index contributed by atoms with van der Waals surface area (Å²) in [6, 6.07) is 9.05. The number of halogens is 3. The summed E-state index contributed by atoms with van der Waals surface area (Å²) in [5, 5.41) is 4.34. The highest BCUT2D eigenvalue weighted by atomic mass is 35.5. The zero-order valence-corrected chi connectivity index (χ0v) is 12.9. The van der Waals surface area contributed by atoms with Crippen LogP contribution in [0.5, 0.6) is 0 Å². The summed E-state index contributed by atoms with van der Waals surface area (Å²) in [6.07, 6.45) is -1.74. The van der Waals surface area contributed by atoms with E-state index in [4.69, 9.17) is 11.6 Å². The van der Waals surface area contributed by atoms with Crippen LogP contribution in [0.3, 0.4) is 0 Å². The lowest BCUT2D eigenvalue weighted by Crippen LogP contribution is -2.02. The summed E-state index contributed by atoms with van der Waals surface area (Å²) in [6.45, 7) is 3.73. The van der Waals surface area contributed by atoms with Crippen LogP contribution < -0.4 is 0 Å². The molecule has 0 amide bonds. The molecule has 0 bridgehead atoms. The molecular weight excluding hydrogens is 308 g/mol. The highest BCUT2D eigenvalue weighted by molar-refractivity contribution is 6.34. The van der Waals surface area contributed by atoms with Crippen LogP contribution in [0.25, 0.3) is 16.9 Å². The van der Waals surface area contributed by atoms with Gasteiger partial charge < -0.3 is 0 Å². The number of alkyl halides is 2. The number of hydrogen-bond acceptors (Lipinski definition) is 2. The quantitative estimate of drug-likeness (QED) is 0.689. The second kappa shape index (κ2) is 5.65.